The highest BCUT2D eigenvalue weighted by Crippen LogP contribution is 2.30. The minimum atomic E-state index is -4.41. The average molecular weight is 449 g/mol. The Kier molecular flexibility index (Phi) is 6.09. The fourth-order valence-electron chi connectivity index (χ4n) is 3.48. The summed E-state index contributed by atoms with van der Waals surface area (Å²) >= 11 is 0. The molecule has 0 aliphatic carbocycles. The van der Waals surface area contributed by atoms with Gasteiger partial charge in [0, 0.05) is 35.5 Å². The number of carbonyl (C=O) groups is 1. The minimum absolute atomic E-state index is 0.173. The lowest BCUT2D eigenvalue weighted by atomic mass is 10.0. The highest BCUT2D eigenvalue weighted by atomic mass is 19.4. The Labute approximate surface area is 187 Å². The lowest BCUT2D eigenvalue weighted by Crippen LogP contribution is -2.24. The molecule has 2 aromatic carbocycles. The van der Waals surface area contributed by atoms with Gasteiger partial charge in [-0.25, -0.2) is 0 Å². The second-order valence-electron chi connectivity index (χ2n) is 7.36. The van der Waals surface area contributed by atoms with Crippen LogP contribution in [0.4, 0.5) is 13.2 Å². The van der Waals surface area contributed by atoms with Crippen LogP contribution in [0.25, 0.3) is 22.2 Å². The molecule has 0 aliphatic heterocycles. The standard InChI is InChI=1S/C24H18F3N5O/c25-24(26,27)18-5-1-4-16(12-18)14-32-15-20-19(6-2-7-21(20)31-32)22-13-17(8-11-29-22)23(33)30-10-3-9-28/h1-2,4-8,11-13,15H,3,10,14H2,(H,30,33). The number of hydrogen-bond donors (Lipinski definition) is 1. The number of amides is 1. The number of benzene rings is 2. The molecule has 1 N–H and O–H groups in total. The lowest BCUT2D eigenvalue weighted by Gasteiger charge is -2.08. The van der Waals surface area contributed by atoms with Gasteiger partial charge in [0.2, 0.25) is 0 Å². The first kappa shape index (κ1) is 22.0. The zero-order valence-electron chi connectivity index (χ0n) is 17.3. The van der Waals surface area contributed by atoms with Crippen molar-refractivity contribution in [2.24, 2.45) is 0 Å². The first-order valence-corrected chi connectivity index (χ1v) is 10.1. The van der Waals surface area contributed by atoms with Crippen LogP contribution >= 0.6 is 0 Å². The van der Waals surface area contributed by atoms with E-state index in [0.29, 0.717) is 22.3 Å². The fraction of sp³-hybridized carbons (Fsp3) is 0.167. The molecule has 0 saturated heterocycles. The average Bonchev–Trinajstić information content (AvgIpc) is 3.21. The van der Waals surface area contributed by atoms with Crippen molar-refractivity contribution in [3.05, 3.63) is 83.7 Å². The third-order valence-electron chi connectivity index (χ3n) is 5.02. The van der Waals surface area contributed by atoms with Gasteiger partial charge in [0.25, 0.3) is 5.91 Å². The summed E-state index contributed by atoms with van der Waals surface area (Å²) in [5.41, 5.74) is 2.15. The molecule has 0 fully saturated rings. The fourth-order valence-corrected chi connectivity index (χ4v) is 3.48. The van der Waals surface area contributed by atoms with Crippen molar-refractivity contribution in [1.82, 2.24) is 20.1 Å². The number of pyridine rings is 1. The van der Waals surface area contributed by atoms with Crippen molar-refractivity contribution in [2.75, 3.05) is 6.54 Å². The molecule has 33 heavy (non-hydrogen) atoms. The zero-order valence-corrected chi connectivity index (χ0v) is 17.3. The molecular weight excluding hydrogens is 431 g/mol. The molecule has 0 unspecified atom stereocenters. The van der Waals surface area contributed by atoms with Gasteiger partial charge < -0.3 is 5.32 Å². The summed E-state index contributed by atoms with van der Waals surface area (Å²) in [4.78, 5) is 16.7. The number of halogens is 3. The maximum Gasteiger partial charge on any atom is 0.416 e. The molecule has 2 heterocycles. The Morgan fingerprint density at radius 1 is 1.12 bits per heavy atom. The molecule has 9 heteroatoms. The number of nitriles is 1. The molecule has 0 bridgehead atoms. The van der Waals surface area contributed by atoms with E-state index in [0.717, 1.165) is 23.1 Å². The predicted octanol–water partition coefficient (Wildman–Crippen LogP) is 4.81. The monoisotopic (exact) mass is 449 g/mol. The maximum atomic E-state index is 13.0. The van der Waals surface area contributed by atoms with E-state index in [1.807, 2.05) is 12.1 Å². The van der Waals surface area contributed by atoms with E-state index in [1.165, 1.54) is 12.3 Å². The van der Waals surface area contributed by atoms with Crippen molar-refractivity contribution in [3.8, 4) is 17.3 Å². The van der Waals surface area contributed by atoms with E-state index >= 15 is 0 Å². The van der Waals surface area contributed by atoms with Crippen LogP contribution in [-0.2, 0) is 12.7 Å². The third-order valence-corrected chi connectivity index (χ3v) is 5.02. The summed E-state index contributed by atoms with van der Waals surface area (Å²) in [7, 11) is 0. The van der Waals surface area contributed by atoms with Crippen LogP contribution in [0.3, 0.4) is 0 Å². The Morgan fingerprint density at radius 3 is 2.73 bits per heavy atom. The van der Waals surface area contributed by atoms with E-state index in [1.54, 1.807) is 41.2 Å². The van der Waals surface area contributed by atoms with Crippen molar-refractivity contribution >= 4 is 16.8 Å². The van der Waals surface area contributed by atoms with E-state index < -0.39 is 11.7 Å². The number of nitrogens with zero attached hydrogens (tertiary/aromatic N) is 4. The van der Waals surface area contributed by atoms with Gasteiger partial charge in [-0.1, -0.05) is 24.3 Å². The first-order valence-electron chi connectivity index (χ1n) is 10.1. The van der Waals surface area contributed by atoms with E-state index in [-0.39, 0.29) is 25.4 Å². The van der Waals surface area contributed by atoms with Gasteiger partial charge in [-0.05, 0) is 35.9 Å². The number of aromatic nitrogens is 3. The topological polar surface area (TPSA) is 83.6 Å². The second kappa shape index (κ2) is 9.12. The minimum Gasteiger partial charge on any atom is -0.351 e. The number of nitrogens with one attached hydrogen (secondary N) is 1. The zero-order chi connectivity index (χ0) is 23.4. The smallest absolute Gasteiger partial charge is 0.351 e. The molecule has 0 aliphatic rings. The number of fused-ring (bicyclic) bond motifs is 1. The second-order valence-corrected chi connectivity index (χ2v) is 7.36. The largest absolute Gasteiger partial charge is 0.416 e. The molecule has 4 rings (SSSR count). The normalized spacial score (nSPS) is 11.3. The molecule has 0 saturated carbocycles. The Balaban J connectivity index is 1.63. The highest BCUT2D eigenvalue weighted by Gasteiger charge is 2.30. The molecular formula is C24H18F3N5O. The van der Waals surface area contributed by atoms with Crippen LogP contribution in [0.5, 0.6) is 0 Å². The van der Waals surface area contributed by atoms with Gasteiger partial charge in [-0.2, -0.15) is 23.5 Å². The SMILES string of the molecule is N#CCCNC(=O)c1ccnc(-c2cccc3nn(Cc4cccc(C(F)(F)F)c4)cc23)c1. The van der Waals surface area contributed by atoms with E-state index in [4.69, 9.17) is 5.26 Å². The highest BCUT2D eigenvalue weighted by molar-refractivity contribution is 5.97. The Hall–Kier alpha value is -4.19. The maximum absolute atomic E-state index is 13.0. The molecule has 2 aromatic heterocycles. The molecule has 4 aromatic rings. The third kappa shape index (κ3) is 5.01. The molecule has 6 nitrogen and oxygen atoms in total. The Morgan fingerprint density at radius 2 is 1.94 bits per heavy atom. The number of hydrogen-bond acceptors (Lipinski definition) is 4. The van der Waals surface area contributed by atoms with Crippen LogP contribution in [0.1, 0.15) is 27.9 Å². The first-order chi connectivity index (χ1) is 15.8. The lowest BCUT2D eigenvalue weighted by molar-refractivity contribution is -0.137. The number of alkyl halides is 3. The van der Waals surface area contributed by atoms with Gasteiger partial charge >= 0.3 is 6.18 Å². The van der Waals surface area contributed by atoms with E-state index in [9.17, 15) is 18.0 Å². The Bertz CT molecular complexity index is 1350. The van der Waals surface area contributed by atoms with Crippen LogP contribution < -0.4 is 5.32 Å². The summed E-state index contributed by atoms with van der Waals surface area (Å²) in [5, 5.41) is 16.5. The summed E-state index contributed by atoms with van der Waals surface area (Å²) < 4.78 is 40.6. The van der Waals surface area contributed by atoms with Crippen LogP contribution in [0.2, 0.25) is 0 Å². The summed E-state index contributed by atoms with van der Waals surface area (Å²) in [6.45, 7) is 0.428. The predicted molar refractivity (Wildman–Crippen MR) is 116 cm³/mol. The van der Waals surface area contributed by atoms with Gasteiger partial charge in [0.15, 0.2) is 0 Å². The van der Waals surface area contributed by atoms with E-state index in [2.05, 4.69) is 15.4 Å². The molecule has 1 amide bonds. The van der Waals surface area contributed by atoms with Crippen LogP contribution in [0.15, 0.2) is 67.0 Å². The van der Waals surface area contributed by atoms with Crippen LogP contribution in [-0.4, -0.2) is 27.2 Å². The van der Waals surface area contributed by atoms with Crippen molar-refractivity contribution in [3.63, 3.8) is 0 Å². The van der Waals surface area contributed by atoms with Gasteiger partial charge in [-0.15, -0.1) is 0 Å². The van der Waals surface area contributed by atoms with Gasteiger partial charge in [-0.3, -0.25) is 14.5 Å². The van der Waals surface area contributed by atoms with Gasteiger partial charge in [0.1, 0.15) is 0 Å². The quantitative estimate of drug-likeness (QED) is 0.428. The molecule has 0 radical (unpaired) electrons. The van der Waals surface area contributed by atoms with Gasteiger partial charge in [0.05, 0.1) is 35.8 Å². The molecule has 0 spiro atoms. The number of rotatable bonds is 6. The summed E-state index contributed by atoms with van der Waals surface area (Å²) in [6.07, 6.45) is -0.906. The molecule has 0 atom stereocenters. The van der Waals surface area contributed by atoms with Crippen LogP contribution in [0, 0.1) is 11.3 Å². The van der Waals surface area contributed by atoms with Crippen molar-refractivity contribution in [1.29, 1.82) is 5.26 Å². The summed E-state index contributed by atoms with van der Waals surface area (Å²) in [5.74, 6) is -0.304. The van der Waals surface area contributed by atoms with Crippen molar-refractivity contribution < 1.29 is 18.0 Å². The van der Waals surface area contributed by atoms with Crippen molar-refractivity contribution in [2.45, 2.75) is 19.1 Å². The summed E-state index contributed by atoms with van der Waals surface area (Å²) in [6, 6.07) is 15.8. The number of carbonyl (C=O) groups excluding carboxylic acids is 1. The molecule has 166 valence electrons.